The molecule has 1 fully saturated rings. The van der Waals surface area contributed by atoms with Crippen LogP contribution in [0.15, 0.2) is 24.3 Å². The maximum absolute atomic E-state index is 12.1. The molecule has 21 heavy (non-hydrogen) atoms. The maximum Gasteiger partial charge on any atom is 0.225 e. The van der Waals surface area contributed by atoms with Crippen molar-refractivity contribution in [3.8, 4) is 0 Å². The fourth-order valence-electron chi connectivity index (χ4n) is 2.92. The van der Waals surface area contributed by atoms with Crippen LogP contribution < -0.4 is 11.1 Å². The fourth-order valence-corrected chi connectivity index (χ4v) is 3.09. The van der Waals surface area contributed by atoms with Gasteiger partial charge in [-0.05, 0) is 37.9 Å². The largest absolute Gasteiger partial charge is 0.389 e. The smallest absolute Gasteiger partial charge is 0.225 e. The molecule has 0 spiro atoms. The second-order valence-corrected chi connectivity index (χ2v) is 5.89. The molecule has 1 aromatic carbocycles. The lowest BCUT2D eigenvalue weighted by atomic mass is 10.1. The Balaban J connectivity index is 1.89. The third-order valence-electron chi connectivity index (χ3n) is 4.06. The minimum atomic E-state index is 0.0143. The number of thiocarbonyl (C=S) groups is 1. The van der Waals surface area contributed by atoms with Crippen molar-refractivity contribution in [2.75, 3.05) is 18.4 Å². The van der Waals surface area contributed by atoms with Gasteiger partial charge in [0.15, 0.2) is 0 Å². The van der Waals surface area contributed by atoms with Gasteiger partial charge >= 0.3 is 0 Å². The van der Waals surface area contributed by atoms with Crippen LogP contribution in [0.25, 0.3) is 0 Å². The number of nitrogens with one attached hydrogen (secondary N) is 1. The molecule has 0 radical (unpaired) electrons. The second-order valence-electron chi connectivity index (χ2n) is 5.45. The van der Waals surface area contributed by atoms with E-state index in [1.807, 2.05) is 24.3 Å². The maximum atomic E-state index is 12.1. The lowest BCUT2D eigenvalue weighted by Crippen LogP contribution is -2.32. The van der Waals surface area contributed by atoms with E-state index in [0.717, 1.165) is 19.5 Å². The zero-order valence-electron chi connectivity index (χ0n) is 12.5. The number of hydrogen-bond donors (Lipinski definition) is 2. The zero-order chi connectivity index (χ0) is 15.2. The standard InChI is InChI=1S/C16H23N3OS/c1-2-12-6-5-10-19(12)11-9-15(20)18-14-8-4-3-7-13(14)16(17)21/h3-4,7-8,12H,2,5-6,9-11H2,1H3,(H2,17,21)(H,18,20). The third-order valence-corrected chi connectivity index (χ3v) is 4.28. The predicted molar refractivity (Wildman–Crippen MR) is 90.5 cm³/mol. The minimum Gasteiger partial charge on any atom is -0.389 e. The number of anilines is 1. The van der Waals surface area contributed by atoms with Gasteiger partial charge in [-0.1, -0.05) is 31.3 Å². The number of rotatable bonds is 6. The van der Waals surface area contributed by atoms with Crippen LogP contribution in [0, 0.1) is 0 Å². The molecule has 1 aliphatic heterocycles. The topological polar surface area (TPSA) is 58.4 Å². The van der Waals surface area contributed by atoms with Crippen LogP contribution in [0.2, 0.25) is 0 Å². The van der Waals surface area contributed by atoms with Gasteiger partial charge in [0.05, 0.1) is 5.69 Å². The van der Waals surface area contributed by atoms with E-state index in [4.69, 9.17) is 18.0 Å². The van der Waals surface area contributed by atoms with Crippen molar-refractivity contribution in [2.45, 2.75) is 38.6 Å². The Morgan fingerprint density at radius 1 is 1.48 bits per heavy atom. The Kier molecular flexibility index (Phi) is 5.70. The van der Waals surface area contributed by atoms with E-state index in [9.17, 15) is 4.79 Å². The number of carbonyl (C=O) groups is 1. The van der Waals surface area contributed by atoms with Crippen molar-refractivity contribution >= 4 is 28.8 Å². The van der Waals surface area contributed by atoms with Gasteiger partial charge in [0, 0.05) is 24.6 Å². The molecular weight excluding hydrogens is 282 g/mol. The predicted octanol–water partition coefficient (Wildman–Crippen LogP) is 2.52. The van der Waals surface area contributed by atoms with Crippen molar-refractivity contribution in [1.29, 1.82) is 0 Å². The van der Waals surface area contributed by atoms with Crippen LogP contribution in [0.3, 0.4) is 0 Å². The molecule has 3 N–H and O–H groups in total. The summed E-state index contributed by atoms with van der Waals surface area (Å²) in [6, 6.07) is 8.02. The molecule has 4 nitrogen and oxygen atoms in total. The fraction of sp³-hybridized carbons (Fsp3) is 0.500. The summed E-state index contributed by atoms with van der Waals surface area (Å²) >= 11 is 5.00. The lowest BCUT2D eigenvalue weighted by molar-refractivity contribution is -0.116. The molecular formula is C16H23N3OS. The highest BCUT2D eigenvalue weighted by Crippen LogP contribution is 2.20. The van der Waals surface area contributed by atoms with Gasteiger partial charge in [0.1, 0.15) is 4.99 Å². The molecule has 1 amide bonds. The summed E-state index contributed by atoms with van der Waals surface area (Å²) in [5, 5.41) is 2.92. The summed E-state index contributed by atoms with van der Waals surface area (Å²) in [6.45, 7) is 4.14. The molecule has 1 aliphatic rings. The Hall–Kier alpha value is -1.46. The normalized spacial score (nSPS) is 18.6. The molecule has 0 bridgehead atoms. The number of carbonyl (C=O) groups excluding carboxylic acids is 1. The van der Waals surface area contributed by atoms with Gasteiger partial charge in [0.25, 0.3) is 0 Å². The first-order chi connectivity index (χ1) is 10.1. The Labute approximate surface area is 131 Å². The third kappa shape index (κ3) is 4.25. The van der Waals surface area contributed by atoms with E-state index in [0.29, 0.717) is 28.7 Å². The van der Waals surface area contributed by atoms with Gasteiger partial charge in [-0.2, -0.15) is 0 Å². The van der Waals surface area contributed by atoms with Gasteiger partial charge in [-0.25, -0.2) is 0 Å². The summed E-state index contributed by atoms with van der Waals surface area (Å²) < 4.78 is 0. The SMILES string of the molecule is CCC1CCCN1CCC(=O)Nc1ccccc1C(N)=S. The van der Waals surface area contributed by atoms with Gasteiger partial charge < -0.3 is 11.1 Å². The molecule has 0 aliphatic carbocycles. The number of nitrogens with two attached hydrogens (primary N) is 1. The van der Waals surface area contributed by atoms with Crippen LogP contribution >= 0.6 is 12.2 Å². The summed E-state index contributed by atoms with van der Waals surface area (Å²) in [7, 11) is 0. The zero-order valence-corrected chi connectivity index (χ0v) is 13.3. The monoisotopic (exact) mass is 305 g/mol. The van der Waals surface area contributed by atoms with Crippen molar-refractivity contribution in [3.05, 3.63) is 29.8 Å². The molecule has 1 heterocycles. The van der Waals surface area contributed by atoms with Crippen LogP contribution in [-0.4, -0.2) is 34.9 Å². The van der Waals surface area contributed by atoms with Crippen LogP contribution in [0.1, 0.15) is 38.2 Å². The molecule has 114 valence electrons. The van der Waals surface area contributed by atoms with Gasteiger partial charge in [-0.15, -0.1) is 0 Å². The molecule has 1 unspecified atom stereocenters. The molecule has 1 saturated heterocycles. The van der Waals surface area contributed by atoms with Gasteiger partial charge in [0.2, 0.25) is 5.91 Å². The van der Waals surface area contributed by atoms with E-state index < -0.39 is 0 Å². The van der Waals surface area contributed by atoms with Crippen molar-refractivity contribution in [2.24, 2.45) is 5.73 Å². The van der Waals surface area contributed by atoms with Crippen molar-refractivity contribution < 1.29 is 4.79 Å². The second kappa shape index (κ2) is 7.52. The minimum absolute atomic E-state index is 0.0143. The van der Waals surface area contributed by atoms with E-state index in [1.54, 1.807) is 0 Å². The summed E-state index contributed by atoms with van der Waals surface area (Å²) in [5.74, 6) is 0.0143. The first kappa shape index (κ1) is 15.9. The molecule has 5 heteroatoms. The van der Waals surface area contributed by atoms with Gasteiger partial charge in [-0.3, -0.25) is 9.69 Å². The van der Waals surface area contributed by atoms with E-state index in [2.05, 4.69) is 17.1 Å². The molecule has 1 atom stereocenters. The highest BCUT2D eigenvalue weighted by Gasteiger charge is 2.22. The average Bonchev–Trinajstić information content (AvgIpc) is 2.93. The van der Waals surface area contributed by atoms with Crippen LogP contribution in [-0.2, 0) is 4.79 Å². The number of likely N-dealkylation sites (tertiary alicyclic amines) is 1. The highest BCUT2D eigenvalue weighted by molar-refractivity contribution is 7.80. The lowest BCUT2D eigenvalue weighted by Gasteiger charge is -2.22. The number of amides is 1. The highest BCUT2D eigenvalue weighted by atomic mass is 32.1. The number of nitrogens with zero attached hydrogens (tertiary/aromatic N) is 1. The molecule has 2 rings (SSSR count). The number of hydrogen-bond acceptors (Lipinski definition) is 3. The molecule has 0 aromatic heterocycles. The molecule has 1 aromatic rings. The average molecular weight is 305 g/mol. The number of benzene rings is 1. The van der Waals surface area contributed by atoms with Crippen molar-refractivity contribution in [3.63, 3.8) is 0 Å². The first-order valence-corrected chi connectivity index (χ1v) is 7.95. The quantitative estimate of drug-likeness (QED) is 0.793. The number of para-hydroxylation sites is 1. The Morgan fingerprint density at radius 2 is 2.24 bits per heavy atom. The van der Waals surface area contributed by atoms with Crippen molar-refractivity contribution in [1.82, 2.24) is 4.90 Å². The summed E-state index contributed by atoms with van der Waals surface area (Å²) in [4.78, 5) is 14.8. The first-order valence-electron chi connectivity index (χ1n) is 7.54. The van der Waals surface area contributed by atoms with Crippen LogP contribution in [0.4, 0.5) is 5.69 Å². The van der Waals surface area contributed by atoms with E-state index in [1.165, 1.54) is 12.8 Å². The summed E-state index contributed by atoms with van der Waals surface area (Å²) in [5.41, 5.74) is 7.09. The van der Waals surface area contributed by atoms with E-state index in [-0.39, 0.29) is 5.91 Å². The van der Waals surface area contributed by atoms with Crippen LogP contribution in [0.5, 0.6) is 0 Å². The Morgan fingerprint density at radius 3 is 2.95 bits per heavy atom. The Bertz CT molecular complexity index is 518. The van der Waals surface area contributed by atoms with E-state index >= 15 is 0 Å². The molecule has 0 saturated carbocycles. The summed E-state index contributed by atoms with van der Waals surface area (Å²) in [6.07, 6.45) is 4.15.